The topological polar surface area (TPSA) is 43.9 Å². The van der Waals surface area contributed by atoms with Gasteiger partial charge in [0.05, 0.1) is 27.8 Å². The van der Waals surface area contributed by atoms with Gasteiger partial charge in [-0.1, -0.05) is 58.0 Å². The molecular formula is C40H31F6N3O. The second kappa shape index (κ2) is 12.2. The lowest BCUT2D eigenvalue weighted by molar-refractivity contribution is -0.138. The molecule has 0 unspecified atom stereocenters. The molecule has 0 bridgehead atoms. The monoisotopic (exact) mass is 683 g/mol. The predicted molar refractivity (Wildman–Crippen MR) is 183 cm³/mol. The molecular weight excluding hydrogens is 652 g/mol. The number of hydrogen-bond donors (Lipinski definition) is 0. The largest absolute Gasteiger partial charge is 0.436 e. The van der Waals surface area contributed by atoms with Crippen molar-refractivity contribution in [3.05, 3.63) is 125 Å². The molecule has 0 aliphatic heterocycles. The summed E-state index contributed by atoms with van der Waals surface area (Å²) in [7, 11) is 0. The standard InChI is InChI=1S/C40H31F6N3O/c1-22(2)30-18-27(24-8-6-5-7-9-24)19-31(23(3)4)36(30)49-34-21-29(40(44,45)46)15-17-32(34)47-37(49)26-12-16-33-35(20-26)50-38(48-33)25-10-13-28(14-11-25)39(41,42)43/h5-23H,1-4H3. The Hall–Kier alpha value is -5.38. The van der Waals surface area contributed by atoms with Gasteiger partial charge in [-0.15, -0.1) is 0 Å². The van der Waals surface area contributed by atoms with Gasteiger partial charge in [-0.3, -0.25) is 4.57 Å². The van der Waals surface area contributed by atoms with Crippen molar-refractivity contribution >= 4 is 22.1 Å². The number of aromatic nitrogens is 3. The fraction of sp³-hybridized carbons (Fsp3) is 0.200. The fourth-order valence-electron chi connectivity index (χ4n) is 6.28. The van der Waals surface area contributed by atoms with E-state index in [2.05, 4.69) is 44.8 Å². The Kier molecular flexibility index (Phi) is 8.08. The summed E-state index contributed by atoms with van der Waals surface area (Å²) in [5.74, 6) is 0.524. The third-order valence-corrected chi connectivity index (χ3v) is 8.83. The molecule has 7 aromatic rings. The summed E-state index contributed by atoms with van der Waals surface area (Å²) in [6.07, 6.45) is -9.05. The molecule has 0 atom stereocenters. The Balaban J connectivity index is 1.47. The van der Waals surface area contributed by atoms with Crippen LogP contribution in [-0.2, 0) is 12.4 Å². The van der Waals surface area contributed by atoms with Crippen LogP contribution in [0.5, 0.6) is 0 Å². The molecule has 0 aliphatic carbocycles. The highest BCUT2D eigenvalue weighted by molar-refractivity contribution is 5.88. The van der Waals surface area contributed by atoms with Crippen molar-refractivity contribution in [2.75, 3.05) is 0 Å². The highest BCUT2D eigenvalue weighted by Crippen LogP contribution is 2.42. The van der Waals surface area contributed by atoms with Gasteiger partial charge in [0.25, 0.3) is 0 Å². The van der Waals surface area contributed by atoms with Crippen molar-refractivity contribution in [3.8, 4) is 39.7 Å². The van der Waals surface area contributed by atoms with Crippen LogP contribution in [0.25, 0.3) is 61.8 Å². The lowest BCUT2D eigenvalue weighted by Gasteiger charge is -2.24. The van der Waals surface area contributed by atoms with E-state index in [0.29, 0.717) is 39.1 Å². The van der Waals surface area contributed by atoms with E-state index in [4.69, 9.17) is 9.40 Å². The molecule has 0 aliphatic rings. The molecule has 254 valence electrons. The first kappa shape index (κ1) is 33.1. The normalized spacial score (nSPS) is 12.6. The minimum Gasteiger partial charge on any atom is -0.436 e. The lowest BCUT2D eigenvalue weighted by atomic mass is 9.88. The van der Waals surface area contributed by atoms with Crippen LogP contribution < -0.4 is 0 Å². The van der Waals surface area contributed by atoms with Gasteiger partial charge in [-0.2, -0.15) is 26.3 Å². The van der Waals surface area contributed by atoms with Gasteiger partial charge in [0.15, 0.2) is 5.58 Å². The van der Waals surface area contributed by atoms with E-state index in [-0.39, 0.29) is 17.7 Å². The minimum atomic E-state index is -4.57. The average molecular weight is 684 g/mol. The number of hydrogen-bond acceptors (Lipinski definition) is 3. The van der Waals surface area contributed by atoms with E-state index in [1.807, 2.05) is 34.9 Å². The summed E-state index contributed by atoms with van der Waals surface area (Å²) in [5.41, 5.74) is 5.52. The number of imidazole rings is 1. The molecule has 5 aromatic carbocycles. The van der Waals surface area contributed by atoms with Gasteiger partial charge in [0, 0.05) is 11.1 Å². The molecule has 0 spiro atoms. The first-order chi connectivity index (χ1) is 23.7. The van der Waals surface area contributed by atoms with E-state index in [9.17, 15) is 26.3 Å². The summed E-state index contributed by atoms with van der Waals surface area (Å²) in [6.45, 7) is 8.23. The Labute approximate surface area is 284 Å². The van der Waals surface area contributed by atoms with Crippen molar-refractivity contribution in [3.63, 3.8) is 0 Å². The van der Waals surface area contributed by atoms with Gasteiger partial charge in [0.1, 0.15) is 11.3 Å². The molecule has 0 radical (unpaired) electrons. The van der Waals surface area contributed by atoms with Gasteiger partial charge >= 0.3 is 12.4 Å². The lowest BCUT2D eigenvalue weighted by Crippen LogP contribution is -2.10. The Morgan fingerprint density at radius 3 is 1.74 bits per heavy atom. The van der Waals surface area contributed by atoms with Crippen LogP contribution in [-0.4, -0.2) is 14.5 Å². The molecule has 4 nitrogen and oxygen atoms in total. The summed E-state index contributed by atoms with van der Waals surface area (Å²) in [6, 6.07) is 27.4. The van der Waals surface area contributed by atoms with E-state index in [0.717, 1.165) is 52.2 Å². The molecule has 0 amide bonds. The van der Waals surface area contributed by atoms with E-state index < -0.39 is 23.5 Å². The molecule has 2 heterocycles. The second-order valence-corrected chi connectivity index (χ2v) is 12.9. The summed E-state index contributed by atoms with van der Waals surface area (Å²) in [4.78, 5) is 9.38. The van der Waals surface area contributed by atoms with Crippen molar-refractivity contribution < 1.29 is 30.8 Å². The molecule has 2 aromatic heterocycles. The van der Waals surface area contributed by atoms with E-state index >= 15 is 0 Å². The zero-order valence-electron chi connectivity index (χ0n) is 27.5. The summed E-state index contributed by atoms with van der Waals surface area (Å²) < 4.78 is 89.7. The quantitative estimate of drug-likeness (QED) is 0.164. The van der Waals surface area contributed by atoms with Crippen LogP contribution in [0.15, 0.2) is 108 Å². The molecule has 0 saturated carbocycles. The maximum absolute atomic E-state index is 14.1. The number of rotatable bonds is 6. The van der Waals surface area contributed by atoms with Gasteiger partial charge in [0.2, 0.25) is 5.89 Å². The highest BCUT2D eigenvalue weighted by atomic mass is 19.4. The molecule has 50 heavy (non-hydrogen) atoms. The SMILES string of the molecule is CC(C)c1cc(-c2ccccc2)cc(C(C)C)c1-n1c(-c2ccc3nc(-c4ccc(C(F)(F)F)cc4)oc3c2)nc2ccc(C(F)(F)F)cc21. The van der Waals surface area contributed by atoms with Crippen LogP contribution in [0.1, 0.15) is 61.8 Å². The molecule has 0 saturated heterocycles. The summed E-state index contributed by atoms with van der Waals surface area (Å²) in [5, 5.41) is 0. The zero-order chi connectivity index (χ0) is 35.5. The van der Waals surface area contributed by atoms with Crippen molar-refractivity contribution in [1.29, 1.82) is 0 Å². The van der Waals surface area contributed by atoms with Crippen LogP contribution >= 0.6 is 0 Å². The maximum Gasteiger partial charge on any atom is 0.416 e. The number of benzene rings is 5. The smallest absolute Gasteiger partial charge is 0.416 e. The number of halogens is 6. The van der Waals surface area contributed by atoms with Crippen LogP contribution in [0.2, 0.25) is 0 Å². The van der Waals surface area contributed by atoms with E-state index in [1.54, 1.807) is 18.2 Å². The minimum absolute atomic E-state index is 0.00897. The Morgan fingerprint density at radius 2 is 1.14 bits per heavy atom. The zero-order valence-corrected chi connectivity index (χ0v) is 27.5. The third kappa shape index (κ3) is 6.03. The van der Waals surface area contributed by atoms with Crippen molar-refractivity contribution in [1.82, 2.24) is 14.5 Å². The van der Waals surface area contributed by atoms with Gasteiger partial charge < -0.3 is 4.42 Å². The molecule has 0 fully saturated rings. The molecule has 7 rings (SSSR count). The predicted octanol–water partition coefficient (Wildman–Crippen LogP) is 12.5. The van der Waals surface area contributed by atoms with Crippen LogP contribution in [0, 0.1) is 0 Å². The number of alkyl halides is 6. The maximum atomic E-state index is 14.1. The second-order valence-electron chi connectivity index (χ2n) is 12.9. The van der Waals surface area contributed by atoms with E-state index in [1.165, 1.54) is 18.2 Å². The number of oxazole rings is 1. The molecule has 0 N–H and O–H groups in total. The number of fused-ring (bicyclic) bond motifs is 2. The fourth-order valence-corrected chi connectivity index (χ4v) is 6.28. The van der Waals surface area contributed by atoms with Crippen molar-refractivity contribution in [2.24, 2.45) is 0 Å². The Bertz CT molecular complexity index is 2320. The Morgan fingerprint density at radius 1 is 0.560 bits per heavy atom. The first-order valence-corrected chi connectivity index (χ1v) is 16.1. The highest BCUT2D eigenvalue weighted by Gasteiger charge is 2.33. The van der Waals surface area contributed by atoms with Crippen LogP contribution in [0.4, 0.5) is 26.3 Å². The first-order valence-electron chi connectivity index (χ1n) is 16.1. The van der Waals surface area contributed by atoms with Gasteiger partial charge in [-0.25, -0.2) is 9.97 Å². The van der Waals surface area contributed by atoms with Gasteiger partial charge in [-0.05, 0) is 107 Å². The summed E-state index contributed by atoms with van der Waals surface area (Å²) >= 11 is 0. The number of nitrogens with zero attached hydrogens (tertiary/aromatic N) is 3. The molecule has 10 heteroatoms. The van der Waals surface area contributed by atoms with Crippen LogP contribution in [0.3, 0.4) is 0 Å². The average Bonchev–Trinajstić information content (AvgIpc) is 3.68. The van der Waals surface area contributed by atoms with Crippen molar-refractivity contribution in [2.45, 2.75) is 51.9 Å². The third-order valence-electron chi connectivity index (χ3n) is 8.83.